The quantitative estimate of drug-likeness (QED) is 0.276. The molecule has 0 atom stereocenters. The zero-order chi connectivity index (χ0) is 26.6. The van der Waals surface area contributed by atoms with Crippen molar-refractivity contribution in [1.29, 1.82) is 0 Å². The fourth-order valence-corrected chi connectivity index (χ4v) is 4.61. The molecule has 2 fully saturated rings. The first-order valence-corrected chi connectivity index (χ1v) is 11.7. The van der Waals surface area contributed by atoms with Gasteiger partial charge in [0.05, 0.1) is 42.2 Å². The van der Waals surface area contributed by atoms with E-state index in [2.05, 4.69) is 21.4 Å². The van der Waals surface area contributed by atoms with Crippen LogP contribution in [0.5, 0.6) is 5.75 Å². The maximum Gasteiger partial charge on any atom is 0.573 e. The van der Waals surface area contributed by atoms with Gasteiger partial charge in [0, 0.05) is 37.0 Å². The minimum Gasteiger partial charge on any atom is -0.406 e. The molecule has 5 heterocycles. The second kappa shape index (κ2) is 8.94. The minimum absolute atomic E-state index is 0.153. The fourth-order valence-electron chi connectivity index (χ4n) is 4.61. The van der Waals surface area contributed by atoms with Crippen LogP contribution in [-0.2, 0) is 9.53 Å². The molecule has 0 saturated carbocycles. The topological polar surface area (TPSA) is 87.3 Å². The Bertz CT molecular complexity index is 1530. The number of ether oxygens (including phenoxy) is 2. The van der Waals surface area contributed by atoms with Gasteiger partial charge in [-0.25, -0.2) is 14.1 Å². The highest BCUT2D eigenvalue weighted by molar-refractivity contribution is 5.96. The van der Waals surface area contributed by atoms with Crippen LogP contribution in [0.1, 0.15) is 17.7 Å². The lowest BCUT2D eigenvalue weighted by Crippen LogP contribution is -2.48. The number of alkyl halides is 3. The average Bonchev–Trinajstić information content (AvgIpc) is 3.42. The molecule has 0 N–H and O–H groups in total. The molecule has 196 valence electrons. The Morgan fingerprint density at radius 1 is 1.13 bits per heavy atom. The highest BCUT2D eigenvalue weighted by atomic mass is 19.4. The minimum atomic E-state index is -4.81. The van der Waals surface area contributed by atoms with Crippen molar-refractivity contribution < 1.29 is 31.8 Å². The second-order valence-corrected chi connectivity index (χ2v) is 9.11. The summed E-state index contributed by atoms with van der Waals surface area (Å²) in [6, 6.07) is 7.28. The third kappa shape index (κ3) is 4.28. The summed E-state index contributed by atoms with van der Waals surface area (Å²) < 4.78 is 63.8. The lowest BCUT2D eigenvalue weighted by Gasteiger charge is -2.38. The fraction of sp³-hybridized carbons (Fsp3) is 0.280. The summed E-state index contributed by atoms with van der Waals surface area (Å²) in [5.41, 5.74) is 3.20. The molecule has 1 aromatic carbocycles. The number of nitrogens with zero attached hydrogens (tertiary/aromatic N) is 6. The van der Waals surface area contributed by atoms with Gasteiger partial charge in [-0.05, 0) is 35.9 Å². The van der Waals surface area contributed by atoms with E-state index in [1.54, 1.807) is 12.4 Å². The van der Waals surface area contributed by atoms with Crippen LogP contribution >= 0.6 is 0 Å². The van der Waals surface area contributed by atoms with Crippen molar-refractivity contribution in [1.82, 2.24) is 29.4 Å². The van der Waals surface area contributed by atoms with E-state index < -0.39 is 18.1 Å². The first-order valence-electron chi connectivity index (χ1n) is 11.7. The van der Waals surface area contributed by atoms with Gasteiger partial charge in [0.2, 0.25) is 0 Å². The Kier molecular flexibility index (Phi) is 5.67. The summed E-state index contributed by atoms with van der Waals surface area (Å²) >= 11 is 0. The normalized spacial score (nSPS) is 16.4. The molecular weight excluding hydrogens is 508 g/mol. The molecule has 2 aliphatic rings. The third-order valence-electron chi connectivity index (χ3n) is 6.60. The van der Waals surface area contributed by atoms with Gasteiger partial charge in [-0.1, -0.05) is 6.58 Å². The first-order chi connectivity index (χ1) is 18.2. The summed E-state index contributed by atoms with van der Waals surface area (Å²) in [5, 5.41) is 9.95. The van der Waals surface area contributed by atoms with Crippen molar-refractivity contribution in [2.24, 2.45) is 0 Å². The number of hydrogen-bond acceptors (Lipinski definition) is 6. The van der Waals surface area contributed by atoms with E-state index in [1.807, 2.05) is 16.9 Å². The van der Waals surface area contributed by atoms with Crippen molar-refractivity contribution >= 4 is 16.9 Å². The van der Waals surface area contributed by atoms with Crippen LogP contribution in [0.3, 0.4) is 0 Å². The number of carbonyl (C=O) groups is 1. The summed E-state index contributed by atoms with van der Waals surface area (Å²) in [6.07, 6.45) is 0.462. The SMILES string of the molecule is C=C(F)C(=O)N1CC(c2nn(-c3ccc(OC(F)(F)F)cc3)c3nccc(-c4cnn(C5COC5)c4)c23)C1. The molecule has 0 radical (unpaired) electrons. The average molecular weight is 528 g/mol. The molecule has 38 heavy (non-hydrogen) atoms. The van der Waals surface area contributed by atoms with Crippen molar-refractivity contribution in [3.8, 4) is 22.6 Å². The van der Waals surface area contributed by atoms with Gasteiger partial charge >= 0.3 is 6.36 Å². The van der Waals surface area contributed by atoms with Crippen molar-refractivity contribution in [3.05, 3.63) is 67.0 Å². The van der Waals surface area contributed by atoms with Crippen molar-refractivity contribution in [2.45, 2.75) is 18.3 Å². The van der Waals surface area contributed by atoms with Crippen LogP contribution < -0.4 is 4.74 Å². The summed E-state index contributed by atoms with van der Waals surface area (Å²) in [4.78, 5) is 17.9. The molecule has 2 saturated heterocycles. The molecule has 3 aromatic heterocycles. The van der Waals surface area contributed by atoms with E-state index >= 15 is 0 Å². The highest BCUT2D eigenvalue weighted by Crippen LogP contribution is 2.38. The number of aromatic nitrogens is 5. The van der Waals surface area contributed by atoms with Crippen LogP contribution in [-0.4, -0.2) is 68.0 Å². The number of halogens is 4. The number of fused-ring (bicyclic) bond motifs is 1. The van der Waals surface area contributed by atoms with Gasteiger partial charge in [0.25, 0.3) is 5.91 Å². The maximum atomic E-state index is 13.4. The first kappa shape index (κ1) is 24.1. The third-order valence-corrected chi connectivity index (χ3v) is 6.60. The van der Waals surface area contributed by atoms with E-state index in [1.165, 1.54) is 33.8 Å². The van der Waals surface area contributed by atoms with Gasteiger partial charge in [-0.15, -0.1) is 13.2 Å². The standard InChI is InChI=1S/C25H20F4N6O3/c1-14(26)24(36)33-9-16(10-33)22-21-20(15-8-31-34(11-15)18-12-37-13-18)6-7-30-23(21)35(32-22)17-2-4-19(5-3-17)38-25(27,28)29/h2-8,11,16,18H,1,9-10,12-13H2. The number of hydrogen-bond donors (Lipinski definition) is 0. The molecule has 1 amide bonds. The van der Waals surface area contributed by atoms with Crippen molar-refractivity contribution in [2.75, 3.05) is 26.3 Å². The van der Waals surface area contributed by atoms with Crippen LogP contribution in [0.4, 0.5) is 17.6 Å². The number of carbonyl (C=O) groups excluding carboxylic acids is 1. The van der Waals surface area contributed by atoms with Crippen molar-refractivity contribution in [3.63, 3.8) is 0 Å². The largest absolute Gasteiger partial charge is 0.573 e. The molecule has 2 aliphatic heterocycles. The summed E-state index contributed by atoms with van der Waals surface area (Å²) in [7, 11) is 0. The van der Waals surface area contributed by atoms with Gasteiger partial charge in [0.15, 0.2) is 11.5 Å². The smallest absolute Gasteiger partial charge is 0.406 e. The van der Waals surface area contributed by atoms with Gasteiger partial charge in [0.1, 0.15) is 5.75 Å². The lowest BCUT2D eigenvalue weighted by atomic mass is 9.92. The molecule has 4 aromatic rings. The van der Waals surface area contributed by atoms with Crippen LogP contribution in [0.15, 0.2) is 61.3 Å². The number of pyridine rings is 1. The molecule has 9 nitrogen and oxygen atoms in total. The Hall–Kier alpha value is -4.26. The molecular formula is C25H20F4N6O3. The lowest BCUT2D eigenvalue weighted by molar-refractivity contribution is -0.274. The molecule has 0 aliphatic carbocycles. The van der Waals surface area contributed by atoms with Crippen LogP contribution in [0.25, 0.3) is 27.8 Å². The van der Waals surface area contributed by atoms with E-state index in [0.717, 1.165) is 11.1 Å². The van der Waals surface area contributed by atoms with E-state index in [0.29, 0.717) is 35.6 Å². The number of rotatable bonds is 6. The Morgan fingerprint density at radius 2 is 1.87 bits per heavy atom. The Labute approximate surface area is 212 Å². The number of amides is 1. The van der Waals surface area contributed by atoms with Gasteiger partial charge < -0.3 is 14.4 Å². The van der Waals surface area contributed by atoms with Crippen LogP contribution in [0, 0.1) is 0 Å². The molecule has 0 spiro atoms. The maximum absolute atomic E-state index is 13.4. The highest BCUT2D eigenvalue weighted by Gasteiger charge is 2.37. The molecule has 6 rings (SSSR count). The van der Waals surface area contributed by atoms with Gasteiger partial charge in [-0.2, -0.15) is 10.2 Å². The Balaban J connectivity index is 1.42. The van der Waals surface area contributed by atoms with E-state index in [9.17, 15) is 22.4 Å². The summed E-state index contributed by atoms with van der Waals surface area (Å²) in [6.45, 7) is 4.70. The predicted molar refractivity (Wildman–Crippen MR) is 126 cm³/mol. The second-order valence-electron chi connectivity index (χ2n) is 9.11. The van der Waals surface area contributed by atoms with Crippen LogP contribution in [0.2, 0.25) is 0 Å². The summed E-state index contributed by atoms with van der Waals surface area (Å²) in [5.74, 6) is -2.38. The monoisotopic (exact) mass is 528 g/mol. The number of benzene rings is 1. The Morgan fingerprint density at radius 3 is 2.50 bits per heavy atom. The zero-order valence-corrected chi connectivity index (χ0v) is 19.7. The molecule has 0 unspecified atom stereocenters. The van der Waals surface area contributed by atoms with E-state index in [4.69, 9.17) is 9.84 Å². The number of likely N-dealkylation sites (tertiary alicyclic amines) is 1. The van der Waals surface area contributed by atoms with E-state index in [-0.39, 0.29) is 30.8 Å². The molecule has 0 bridgehead atoms. The van der Waals surface area contributed by atoms with Gasteiger partial charge in [-0.3, -0.25) is 9.48 Å². The zero-order valence-electron chi connectivity index (χ0n) is 19.7. The predicted octanol–water partition coefficient (Wildman–Crippen LogP) is 4.16. The molecule has 13 heteroatoms.